The summed E-state index contributed by atoms with van der Waals surface area (Å²) in [6, 6.07) is 12.6. The van der Waals surface area contributed by atoms with Gasteiger partial charge in [0.15, 0.2) is 0 Å². The van der Waals surface area contributed by atoms with Crippen LogP contribution in [0.3, 0.4) is 0 Å². The van der Waals surface area contributed by atoms with E-state index in [1.54, 1.807) is 0 Å². The van der Waals surface area contributed by atoms with Crippen LogP contribution in [0.4, 0.5) is 0 Å². The van der Waals surface area contributed by atoms with E-state index in [0.717, 1.165) is 23.6 Å². The second-order valence-electron chi connectivity index (χ2n) is 5.79. The van der Waals surface area contributed by atoms with Crippen molar-refractivity contribution in [3.8, 4) is 0 Å². The van der Waals surface area contributed by atoms with Crippen molar-refractivity contribution in [1.29, 1.82) is 0 Å². The third-order valence-electron chi connectivity index (χ3n) is 4.35. The van der Waals surface area contributed by atoms with E-state index in [-0.39, 0.29) is 15.8 Å². The highest BCUT2D eigenvalue weighted by atomic mass is 32.2. The van der Waals surface area contributed by atoms with Crippen LogP contribution < -0.4 is 5.14 Å². The zero-order chi connectivity index (χ0) is 17.5. The fraction of sp³-hybridized carbons (Fsp3) is 0.250. The molecule has 0 bridgehead atoms. The first kappa shape index (κ1) is 17.1. The van der Waals surface area contributed by atoms with Gasteiger partial charge in [0.25, 0.3) is 0 Å². The Bertz CT molecular complexity index is 985. The maximum atomic E-state index is 12.9. The van der Waals surface area contributed by atoms with Crippen LogP contribution in [0.25, 0.3) is 0 Å². The zero-order valence-corrected chi connectivity index (χ0v) is 14.7. The fourth-order valence-corrected chi connectivity index (χ4v) is 5.10. The van der Waals surface area contributed by atoms with E-state index in [0.29, 0.717) is 6.42 Å². The maximum Gasteiger partial charge on any atom is 0.243 e. The second-order valence-corrected chi connectivity index (χ2v) is 9.35. The number of nitrogens with zero attached hydrogens (tertiary/aromatic N) is 1. The van der Waals surface area contributed by atoms with Crippen LogP contribution in [0.2, 0.25) is 0 Å². The van der Waals surface area contributed by atoms with Gasteiger partial charge in [0, 0.05) is 7.05 Å². The molecule has 0 amide bonds. The molecule has 6 nitrogen and oxygen atoms in total. The van der Waals surface area contributed by atoms with E-state index in [4.69, 9.17) is 5.14 Å². The molecule has 0 radical (unpaired) electrons. The van der Waals surface area contributed by atoms with Crippen molar-refractivity contribution in [2.24, 2.45) is 5.14 Å². The highest BCUT2D eigenvalue weighted by Crippen LogP contribution is 2.37. The molecule has 128 valence electrons. The number of fused-ring (bicyclic) bond motifs is 1. The van der Waals surface area contributed by atoms with Gasteiger partial charge in [-0.25, -0.2) is 22.0 Å². The number of nitrogens with two attached hydrogens (primary N) is 1. The van der Waals surface area contributed by atoms with Gasteiger partial charge in [-0.15, -0.1) is 0 Å². The average molecular weight is 366 g/mol. The molecule has 2 aromatic rings. The summed E-state index contributed by atoms with van der Waals surface area (Å²) in [4.78, 5) is -0.301. The summed E-state index contributed by atoms with van der Waals surface area (Å²) in [5.74, 6) is 0. The van der Waals surface area contributed by atoms with Crippen LogP contribution in [0.15, 0.2) is 58.3 Å². The first-order chi connectivity index (χ1) is 11.2. The van der Waals surface area contributed by atoms with Gasteiger partial charge < -0.3 is 0 Å². The largest absolute Gasteiger partial charge is 0.243 e. The van der Waals surface area contributed by atoms with Gasteiger partial charge >= 0.3 is 0 Å². The summed E-state index contributed by atoms with van der Waals surface area (Å²) < 4.78 is 50.0. The van der Waals surface area contributed by atoms with Crippen LogP contribution >= 0.6 is 0 Å². The summed E-state index contributed by atoms with van der Waals surface area (Å²) in [7, 11) is -6.28. The molecular formula is C16H18N2O4S2. The monoisotopic (exact) mass is 366 g/mol. The van der Waals surface area contributed by atoms with Crippen molar-refractivity contribution in [3.63, 3.8) is 0 Å². The van der Waals surface area contributed by atoms with E-state index in [1.807, 2.05) is 24.3 Å². The standard InChI is InChI=1S/C16H18N2O4S2/c1-18(16-10-9-12-5-2-3-8-15(12)16)24(21,22)14-7-4-6-13(11-14)23(17,19)20/h2-8,11,16H,9-10H2,1H3,(H2,17,19,20). The lowest BCUT2D eigenvalue weighted by Crippen LogP contribution is -2.30. The molecule has 1 atom stereocenters. The Labute approximate surface area is 142 Å². The molecule has 0 heterocycles. The lowest BCUT2D eigenvalue weighted by atomic mass is 10.1. The molecule has 1 aliphatic carbocycles. The number of sulfonamides is 2. The molecule has 2 N–H and O–H groups in total. The quantitative estimate of drug-likeness (QED) is 0.889. The minimum Gasteiger partial charge on any atom is -0.225 e. The number of aryl methyl sites for hydroxylation is 1. The molecule has 0 spiro atoms. The Morgan fingerprint density at radius 1 is 1.00 bits per heavy atom. The smallest absolute Gasteiger partial charge is 0.225 e. The topological polar surface area (TPSA) is 97.5 Å². The molecule has 8 heteroatoms. The average Bonchev–Trinajstić information content (AvgIpc) is 2.97. The van der Waals surface area contributed by atoms with Crippen LogP contribution in [-0.2, 0) is 26.5 Å². The van der Waals surface area contributed by atoms with Crippen molar-refractivity contribution in [3.05, 3.63) is 59.7 Å². The van der Waals surface area contributed by atoms with Crippen molar-refractivity contribution in [1.82, 2.24) is 4.31 Å². The van der Waals surface area contributed by atoms with E-state index in [2.05, 4.69) is 0 Å². The van der Waals surface area contributed by atoms with Gasteiger partial charge in [0.1, 0.15) is 0 Å². The third-order valence-corrected chi connectivity index (χ3v) is 7.12. The summed E-state index contributed by atoms with van der Waals surface area (Å²) in [5, 5.41) is 5.09. The number of rotatable bonds is 4. The Balaban J connectivity index is 2.00. The molecule has 0 saturated carbocycles. The number of hydrogen-bond donors (Lipinski definition) is 1. The maximum absolute atomic E-state index is 12.9. The Morgan fingerprint density at radius 2 is 1.67 bits per heavy atom. The summed E-state index contributed by atoms with van der Waals surface area (Å²) in [5.41, 5.74) is 2.13. The van der Waals surface area contributed by atoms with Gasteiger partial charge in [0.05, 0.1) is 15.8 Å². The summed E-state index contributed by atoms with van der Waals surface area (Å²) in [6.07, 6.45) is 1.52. The highest BCUT2D eigenvalue weighted by molar-refractivity contribution is 7.90. The van der Waals surface area contributed by atoms with Crippen LogP contribution in [-0.4, -0.2) is 28.2 Å². The Kier molecular flexibility index (Phi) is 4.25. The molecule has 1 unspecified atom stereocenters. The van der Waals surface area contributed by atoms with Crippen molar-refractivity contribution in [2.75, 3.05) is 7.05 Å². The highest BCUT2D eigenvalue weighted by Gasteiger charge is 2.33. The van der Waals surface area contributed by atoms with E-state index >= 15 is 0 Å². The zero-order valence-electron chi connectivity index (χ0n) is 13.1. The fourth-order valence-electron chi connectivity index (χ4n) is 3.06. The predicted octanol–water partition coefficient (Wildman–Crippen LogP) is 1.64. The van der Waals surface area contributed by atoms with E-state index < -0.39 is 20.0 Å². The molecular weight excluding hydrogens is 348 g/mol. The number of hydrogen-bond acceptors (Lipinski definition) is 4. The molecule has 0 aliphatic heterocycles. The molecule has 24 heavy (non-hydrogen) atoms. The minimum absolute atomic E-state index is 0.0825. The van der Waals surface area contributed by atoms with Gasteiger partial charge in [-0.05, 0) is 42.2 Å². The molecule has 2 aromatic carbocycles. The van der Waals surface area contributed by atoms with Crippen molar-refractivity contribution in [2.45, 2.75) is 28.7 Å². The molecule has 0 aromatic heterocycles. The van der Waals surface area contributed by atoms with Crippen molar-refractivity contribution >= 4 is 20.0 Å². The molecule has 0 fully saturated rings. The molecule has 0 saturated heterocycles. The summed E-state index contributed by atoms with van der Waals surface area (Å²) >= 11 is 0. The van der Waals surface area contributed by atoms with Gasteiger partial charge in [-0.3, -0.25) is 0 Å². The number of benzene rings is 2. The van der Waals surface area contributed by atoms with E-state index in [1.165, 1.54) is 29.6 Å². The first-order valence-corrected chi connectivity index (χ1v) is 10.4. The van der Waals surface area contributed by atoms with Crippen LogP contribution in [0.5, 0.6) is 0 Å². The summed E-state index contributed by atoms with van der Waals surface area (Å²) in [6.45, 7) is 0. The lowest BCUT2D eigenvalue weighted by Gasteiger charge is -2.25. The molecule has 1 aliphatic rings. The predicted molar refractivity (Wildman–Crippen MR) is 90.3 cm³/mol. The first-order valence-electron chi connectivity index (χ1n) is 7.40. The second kappa shape index (κ2) is 5.96. The molecule has 3 rings (SSSR count). The van der Waals surface area contributed by atoms with Crippen LogP contribution in [0.1, 0.15) is 23.6 Å². The SMILES string of the molecule is CN(C1CCc2ccccc21)S(=O)(=O)c1cccc(S(N)(=O)=O)c1. The lowest BCUT2D eigenvalue weighted by molar-refractivity contribution is 0.374. The third kappa shape index (κ3) is 2.98. The van der Waals surface area contributed by atoms with Gasteiger partial charge in [-0.1, -0.05) is 30.3 Å². The van der Waals surface area contributed by atoms with Crippen molar-refractivity contribution < 1.29 is 16.8 Å². The number of primary sulfonamides is 1. The minimum atomic E-state index is -3.96. The Morgan fingerprint density at radius 3 is 2.38 bits per heavy atom. The normalized spacial score (nSPS) is 17.9. The Hall–Kier alpha value is -1.74. The van der Waals surface area contributed by atoms with Gasteiger partial charge in [-0.2, -0.15) is 4.31 Å². The van der Waals surface area contributed by atoms with Gasteiger partial charge in [0.2, 0.25) is 20.0 Å². The van der Waals surface area contributed by atoms with E-state index in [9.17, 15) is 16.8 Å². The van der Waals surface area contributed by atoms with Crippen LogP contribution in [0, 0.1) is 0 Å².